The van der Waals surface area contributed by atoms with Crippen LogP contribution in [0.5, 0.6) is 0 Å². The van der Waals surface area contributed by atoms with Gasteiger partial charge in [-0.1, -0.05) is 5.16 Å². The topological polar surface area (TPSA) is 122 Å². The van der Waals surface area contributed by atoms with Gasteiger partial charge in [-0.05, 0) is 18.7 Å². The highest BCUT2D eigenvalue weighted by atomic mass is 32.2. The fraction of sp³-hybridized carbons (Fsp3) is 0.200. The van der Waals surface area contributed by atoms with Gasteiger partial charge in [0.2, 0.25) is 0 Å². The summed E-state index contributed by atoms with van der Waals surface area (Å²) in [6, 6.07) is 1.32. The van der Waals surface area contributed by atoms with E-state index in [1.54, 1.807) is 18.7 Å². The van der Waals surface area contributed by atoms with E-state index in [1.807, 2.05) is 0 Å². The number of nitrogens with two attached hydrogens (primary N) is 1. The van der Waals surface area contributed by atoms with Gasteiger partial charge >= 0.3 is 0 Å². The number of aryl methyl sites for hydroxylation is 2. The van der Waals surface area contributed by atoms with Crippen molar-refractivity contribution in [1.82, 2.24) is 19.7 Å². The van der Waals surface area contributed by atoms with Crippen molar-refractivity contribution in [2.75, 3.05) is 0 Å². The molecule has 2 aromatic heterocycles. The monoisotopic (exact) mass is 280 g/mol. The fourth-order valence-electron chi connectivity index (χ4n) is 1.59. The van der Waals surface area contributed by atoms with Crippen LogP contribution in [0, 0.1) is 6.92 Å². The Bertz CT molecular complexity index is 690. The number of nitrogens with zero attached hydrogens (tertiary/aromatic N) is 4. The van der Waals surface area contributed by atoms with E-state index < -0.39 is 0 Å². The molecule has 0 bridgehead atoms. The van der Waals surface area contributed by atoms with Gasteiger partial charge in [-0.15, -0.1) is 0 Å². The molecular weight excluding hydrogens is 268 g/mol. The first-order chi connectivity index (χ1) is 9.02. The maximum Gasteiger partial charge on any atom is 0.251 e. The second kappa shape index (κ2) is 5.14. The first kappa shape index (κ1) is 13.1. The Kier molecular flexibility index (Phi) is 3.56. The Labute approximate surface area is 112 Å². The minimum Gasteiger partial charge on any atom is -0.409 e. The number of hydrogen-bond donors (Lipinski definition) is 3. The van der Waals surface area contributed by atoms with Crippen molar-refractivity contribution in [1.29, 1.82) is 0 Å². The Morgan fingerprint density at radius 1 is 1.63 bits per heavy atom. The van der Waals surface area contributed by atoms with Gasteiger partial charge in [-0.25, -0.2) is 4.98 Å². The van der Waals surface area contributed by atoms with E-state index >= 15 is 0 Å². The lowest BCUT2D eigenvalue weighted by molar-refractivity contribution is 0.318. The standard InChI is InChI=1S/C10H12N6O2S/c1-5-7(8(11)15-18)9(16(2)14-5)19-10-12-4-3-6(17)13-10/h3-4,18H,1-2H3,(H2,11,15)(H,12,13,17). The number of aromatic amines is 1. The minimum atomic E-state index is -0.248. The summed E-state index contributed by atoms with van der Waals surface area (Å²) in [4.78, 5) is 17.8. The Morgan fingerprint density at radius 2 is 2.37 bits per heavy atom. The maximum atomic E-state index is 11.2. The van der Waals surface area contributed by atoms with Gasteiger partial charge in [0.1, 0.15) is 5.03 Å². The predicted octanol–water partition coefficient (Wildman–Crippen LogP) is 0.0575. The van der Waals surface area contributed by atoms with Crippen molar-refractivity contribution in [3.05, 3.63) is 33.9 Å². The van der Waals surface area contributed by atoms with Crippen molar-refractivity contribution in [2.45, 2.75) is 17.1 Å². The van der Waals surface area contributed by atoms with Crippen LogP contribution >= 0.6 is 11.8 Å². The number of hydrogen-bond acceptors (Lipinski definition) is 6. The molecular formula is C10H12N6O2S. The quantitative estimate of drug-likeness (QED) is 0.240. The van der Waals surface area contributed by atoms with E-state index in [1.165, 1.54) is 24.0 Å². The molecule has 0 fully saturated rings. The van der Waals surface area contributed by atoms with Crippen LogP contribution in [-0.4, -0.2) is 30.8 Å². The average molecular weight is 280 g/mol. The van der Waals surface area contributed by atoms with E-state index in [0.29, 0.717) is 21.4 Å². The van der Waals surface area contributed by atoms with E-state index in [4.69, 9.17) is 10.9 Å². The van der Waals surface area contributed by atoms with Crippen LogP contribution in [0.3, 0.4) is 0 Å². The molecule has 0 saturated heterocycles. The molecule has 2 heterocycles. The van der Waals surface area contributed by atoms with Gasteiger partial charge in [-0.2, -0.15) is 5.10 Å². The normalized spacial score (nSPS) is 11.8. The summed E-state index contributed by atoms with van der Waals surface area (Å²) in [7, 11) is 1.73. The highest BCUT2D eigenvalue weighted by Gasteiger charge is 2.18. The third-order valence-electron chi connectivity index (χ3n) is 2.37. The summed E-state index contributed by atoms with van der Waals surface area (Å²) in [5.74, 6) is -0.0358. The molecule has 0 aliphatic heterocycles. The molecule has 0 amide bonds. The summed E-state index contributed by atoms with van der Waals surface area (Å²) in [5, 5.41) is 17.0. The summed E-state index contributed by atoms with van der Waals surface area (Å²) < 4.78 is 1.58. The number of rotatable bonds is 3. The Hall–Kier alpha value is -2.29. The Balaban J connectivity index is 2.48. The SMILES string of the molecule is Cc1nn(C)c(Sc2nccc(=O)[nH]2)c1C(N)=NO. The third-order valence-corrected chi connectivity index (χ3v) is 3.44. The molecule has 2 aromatic rings. The lowest BCUT2D eigenvalue weighted by Gasteiger charge is -2.04. The second-order valence-corrected chi connectivity index (χ2v) is 4.69. The maximum absolute atomic E-state index is 11.2. The highest BCUT2D eigenvalue weighted by molar-refractivity contribution is 7.99. The molecule has 100 valence electrons. The second-order valence-electron chi connectivity index (χ2n) is 3.72. The number of oxime groups is 1. The zero-order valence-corrected chi connectivity index (χ0v) is 11.1. The van der Waals surface area contributed by atoms with Crippen molar-refractivity contribution in [3.8, 4) is 0 Å². The van der Waals surface area contributed by atoms with Crippen molar-refractivity contribution in [3.63, 3.8) is 0 Å². The molecule has 4 N–H and O–H groups in total. The van der Waals surface area contributed by atoms with Gasteiger partial charge in [0.05, 0.1) is 11.3 Å². The highest BCUT2D eigenvalue weighted by Crippen LogP contribution is 2.28. The fourth-order valence-corrected chi connectivity index (χ4v) is 2.57. The van der Waals surface area contributed by atoms with Gasteiger partial charge < -0.3 is 15.9 Å². The molecule has 19 heavy (non-hydrogen) atoms. The zero-order valence-electron chi connectivity index (χ0n) is 10.3. The molecule has 8 nitrogen and oxygen atoms in total. The number of amidine groups is 1. The van der Waals surface area contributed by atoms with Crippen LogP contribution in [0.4, 0.5) is 0 Å². The first-order valence-corrected chi connectivity index (χ1v) is 6.09. The molecule has 0 spiro atoms. The average Bonchev–Trinajstić information content (AvgIpc) is 2.63. The molecule has 0 aromatic carbocycles. The molecule has 9 heteroatoms. The summed E-state index contributed by atoms with van der Waals surface area (Å²) >= 11 is 1.18. The molecule has 2 rings (SSSR count). The van der Waals surface area contributed by atoms with E-state index in [9.17, 15) is 4.79 Å². The van der Waals surface area contributed by atoms with E-state index in [-0.39, 0.29) is 11.4 Å². The van der Waals surface area contributed by atoms with Crippen LogP contribution in [0.2, 0.25) is 0 Å². The van der Waals surface area contributed by atoms with Crippen molar-refractivity contribution < 1.29 is 5.21 Å². The predicted molar refractivity (Wildman–Crippen MR) is 69.4 cm³/mol. The van der Waals surface area contributed by atoms with Crippen molar-refractivity contribution in [2.24, 2.45) is 17.9 Å². The van der Waals surface area contributed by atoms with Crippen LogP contribution in [0.1, 0.15) is 11.3 Å². The van der Waals surface area contributed by atoms with Gasteiger partial charge in [0, 0.05) is 19.3 Å². The number of nitrogens with one attached hydrogen (secondary N) is 1. The number of aromatic nitrogens is 4. The van der Waals surface area contributed by atoms with Crippen LogP contribution in [0.25, 0.3) is 0 Å². The van der Waals surface area contributed by atoms with Crippen LogP contribution in [0.15, 0.2) is 32.4 Å². The van der Waals surface area contributed by atoms with Gasteiger partial charge in [0.25, 0.3) is 5.56 Å². The third kappa shape index (κ3) is 2.60. The smallest absolute Gasteiger partial charge is 0.251 e. The van der Waals surface area contributed by atoms with Crippen molar-refractivity contribution >= 4 is 17.6 Å². The first-order valence-electron chi connectivity index (χ1n) is 5.27. The molecule has 0 unspecified atom stereocenters. The summed E-state index contributed by atoms with van der Waals surface area (Å²) in [6.07, 6.45) is 1.41. The zero-order chi connectivity index (χ0) is 14.0. The number of H-pyrrole nitrogens is 1. The summed E-state index contributed by atoms with van der Waals surface area (Å²) in [6.45, 7) is 1.75. The lowest BCUT2D eigenvalue weighted by Crippen LogP contribution is -2.15. The molecule has 0 aliphatic carbocycles. The molecule has 0 radical (unpaired) electrons. The van der Waals surface area contributed by atoms with Crippen LogP contribution < -0.4 is 11.3 Å². The summed E-state index contributed by atoms with van der Waals surface area (Å²) in [5.41, 5.74) is 6.52. The van der Waals surface area contributed by atoms with E-state index in [2.05, 4.69) is 20.2 Å². The Morgan fingerprint density at radius 3 is 3.00 bits per heavy atom. The van der Waals surface area contributed by atoms with Crippen LogP contribution in [-0.2, 0) is 7.05 Å². The minimum absolute atomic E-state index is 0.0358. The van der Waals surface area contributed by atoms with E-state index in [0.717, 1.165) is 0 Å². The molecule has 0 aliphatic rings. The lowest BCUT2D eigenvalue weighted by atomic mass is 10.2. The molecule has 0 saturated carbocycles. The largest absolute Gasteiger partial charge is 0.409 e. The molecule has 0 atom stereocenters. The van der Waals surface area contributed by atoms with Gasteiger partial charge in [0.15, 0.2) is 11.0 Å². The van der Waals surface area contributed by atoms with Gasteiger partial charge in [-0.3, -0.25) is 9.48 Å².